The summed E-state index contributed by atoms with van der Waals surface area (Å²) in [5.74, 6) is -0.542. The fourth-order valence-corrected chi connectivity index (χ4v) is 2.43. The molecule has 0 radical (unpaired) electrons. The zero-order valence-electron chi connectivity index (χ0n) is 14.3. The molecule has 3 aromatic heterocycles. The van der Waals surface area contributed by atoms with Crippen molar-refractivity contribution in [3.05, 3.63) is 66.1 Å². The van der Waals surface area contributed by atoms with Crippen molar-refractivity contribution >= 4 is 17.9 Å². The van der Waals surface area contributed by atoms with Gasteiger partial charge in [-0.15, -0.1) is 5.10 Å². The van der Waals surface area contributed by atoms with E-state index in [2.05, 4.69) is 40.8 Å². The number of hydrazone groups is 1. The average Bonchev–Trinajstić information content (AvgIpc) is 3.35. The number of nitrogens with zero attached hydrogens (tertiary/aromatic N) is 7. The number of rotatable bonds is 5. The topological polar surface area (TPSA) is 150 Å². The van der Waals surface area contributed by atoms with Crippen LogP contribution in [0.25, 0.3) is 17.1 Å². The minimum absolute atomic E-state index is 0.0302. The van der Waals surface area contributed by atoms with Crippen LogP contribution in [-0.4, -0.2) is 42.4 Å². The number of anilines is 1. The molecule has 11 nitrogen and oxygen atoms in total. The largest absolute Gasteiger partial charge is 0.378 e. The van der Waals surface area contributed by atoms with E-state index in [0.717, 1.165) is 10.2 Å². The highest BCUT2D eigenvalue weighted by Crippen LogP contribution is 2.24. The molecule has 28 heavy (non-hydrogen) atoms. The molecule has 0 unspecified atom stereocenters. The molecule has 0 aliphatic rings. The molecule has 0 aliphatic heterocycles. The standard InChI is InChI=1S/C17H13N9O2/c18-15-16(24-28-23-15)26-14(13(21-25-26)12-6-2-1-3-7-12)17(27)22-20-10-11-5-4-8-19-9-11/h1-10H,(H2,18,23)(H,22,27)/b20-10+. The van der Waals surface area contributed by atoms with E-state index in [4.69, 9.17) is 5.73 Å². The van der Waals surface area contributed by atoms with Crippen LogP contribution in [0.4, 0.5) is 5.82 Å². The van der Waals surface area contributed by atoms with Crippen LogP contribution in [0.2, 0.25) is 0 Å². The maximum Gasteiger partial charge on any atom is 0.292 e. The normalized spacial score (nSPS) is 11.0. The molecule has 1 aromatic carbocycles. The van der Waals surface area contributed by atoms with E-state index in [1.54, 1.807) is 36.7 Å². The predicted octanol–water partition coefficient (Wildman–Crippen LogP) is 1.06. The Labute approximate surface area is 157 Å². The van der Waals surface area contributed by atoms with Crippen LogP contribution in [0.15, 0.2) is 64.6 Å². The van der Waals surface area contributed by atoms with Gasteiger partial charge in [0.15, 0.2) is 5.69 Å². The fraction of sp³-hybridized carbons (Fsp3) is 0. The molecule has 0 saturated heterocycles. The van der Waals surface area contributed by atoms with Gasteiger partial charge in [0.1, 0.15) is 5.69 Å². The number of carbonyl (C=O) groups is 1. The molecule has 1 amide bonds. The first-order valence-electron chi connectivity index (χ1n) is 8.07. The number of amides is 1. The molecule has 0 saturated carbocycles. The van der Waals surface area contributed by atoms with Gasteiger partial charge in [0, 0.05) is 23.5 Å². The summed E-state index contributed by atoms with van der Waals surface area (Å²) in [6.07, 6.45) is 4.72. The molecule has 3 N–H and O–H groups in total. The Bertz CT molecular complexity index is 1120. The van der Waals surface area contributed by atoms with E-state index < -0.39 is 5.91 Å². The molecule has 0 atom stereocenters. The van der Waals surface area contributed by atoms with Gasteiger partial charge in [-0.05, 0) is 16.4 Å². The van der Waals surface area contributed by atoms with Crippen molar-refractivity contribution in [3.8, 4) is 17.1 Å². The van der Waals surface area contributed by atoms with Gasteiger partial charge in [0.25, 0.3) is 5.91 Å². The molecular weight excluding hydrogens is 362 g/mol. The summed E-state index contributed by atoms with van der Waals surface area (Å²) < 4.78 is 5.76. The van der Waals surface area contributed by atoms with Crippen molar-refractivity contribution in [2.45, 2.75) is 0 Å². The van der Waals surface area contributed by atoms with Gasteiger partial charge in [-0.2, -0.15) is 9.78 Å². The van der Waals surface area contributed by atoms with Gasteiger partial charge in [-0.1, -0.05) is 41.6 Å². The Morgan fingerprint density at radius 1 is 1.18 bits per heavy atom. The van der Waals surface area contributed by atoms with Gasteiger partial charge in [-0.3, -0.25) is 9.78 Å². The summed E-state index contributed by atoms with van der Waals surface area (Å²) in [5.41, 5.74) is 10.0. The fourth-order valence-electron chi connectivity index (χ4n) is 2.43. The van der Waals surface area contributed by atoms with Crippen LogP contribution in [0.5, 0.6) is 0 Å². The van der Waals surface area contributed by atoms with Crippen molar-refractivity contribution in [1.29, 1.82) is 0 Å². The molecule has 0 fully saturated rings. The SMILES string of the molecule is Nc1nonc1-n1nnc(-c2ccccc2)c1C(=O)N/N=C/c1cccnc1. The number of carbonyl (C=O) groups excluding carboxylic acids is 1. The molecule has 11 heteroatoms. The predicted molar refractivity (Wildman–Crippen MR) is 98.4 cm³/mol. The van der Waals surface area contributed by atoms with E-state index in [9.17, 15) is 4.79 Å². The van der Waals surface area contributed by atoms with Crippen LogP contribution < -0.4 is 11.2 Å². The molecule has 4 rings (SSSR count). The Kier molecular flexibility index (Phi) is 4.53. The smallest absolute Gasteiger partial charge is 0.292 e. The lowest BCUT2D eigenvalue weighted by atomic mass is 10.1. The Balaban J connectivity index is 1.71. The van der Waals surface area contributed by atoms with Gasteiger partial charge >= 0.3 is 0 Å². The van der Waals surface area contributed by atoms with E-state index in [1.165, 1.54) is 6.21 Å². The van der Waals surface area contributed by atoms with Crippen LogP contribution in [0, 0.1) is 0 Å². The van der Waals surface area contributed by atoms with Crippen molar-refractivity contribution in [1.82, 2.24) is 35.7 Å². The molecule has 4 aromatic rings. The summed E-state index contributed by atoms with van der Waals surface area (Å²) >= 11 is 0. The highest BCUT2D eigenvalue weighted by molar-refractivity contribution is 5.99. The van der Waals surface area contributed by atoms with Crippen molar-refractivity contribution in [3.63, 3.8) is 0 Å². The van der Waals surface area contributed by atoms with Gasteiger partial charge < -0.3 is 5.73 Å². The number of aromatic nitrogens is 6. The van der Waals surface area contributed by atoms with Crippen LogP contribution in [0.3, 0.4) is 0 Å². The summed E-state index contributed by atoms with van der Waals surface area (Å²) in [5, 5.41) is 19.2. The zero-order chi connectivity index (χ0) is 19.3. The molecule has 0 bridgehead atoms. The van der Waals surface area contributed by atoms with Gasteiger partial charge in [0.05, 0.1) is 6.21 Å². The number of nitrogen functional groups attached to an aromatic ring is 1. The molecule has 0 aliphatic carbocycles. The van der Waals surface area contributed by atoms with Crippen molar-refractivity contribution in [2.75, 3.05) is 5.73 Å². The minimum Gasteiger partial charge on any atom is -0.378 e. The summed E-state index contributed by atoms with van der Waals surface area (Å²) in [7, 11) is 0. The number of hydrogen-bond acceptors (Lipinski definition) is 9. The lowest BCUT2D eigenvalue weighted by Crippen LogP contribution is -2.22. The third kappa shape index (κ3) is 3.31. The van der Waals surface area contributed by atoms with Crippen LogP contribution in [-0.2, 0) is 0 Å². The molecule has 138 valence electrons. The second kappa shape index (κ2) is 7.45. The lowest BCUT2D eigenvalue weighted by Gasteiger charge is -2.04. The zero-order valence-corrected chi connectivity index (χ0v) is 14.3. The summed E-state index contributed by atoms with van der Waals surface area (Å²) in [6.45, 7) is 0. The summed E-state index contributed by atoms with van der Waals surface area (Å²) in [6, 6.07) is 12.7. The average molecular weight is 375 g/mol. The Morgan fingerprint density at radius 2 is 2.04 bits per heavy atom. The minimum atomic E-state index is -0.564. The lowest BCUT2D eigenvalue weighted by molar-refractivity contribution is 0.0948. The quantitative estimate of drug-likeness (QED) is 0.388. The molecule has 0 spiro atoms. The van der Waals surface area contributed by atoms with Crippen molar-refractivity contribution < 1.29 is 9.42 Å². The number of hydrogen-bond donors (Lipinski definition) is 2. The van der Waals surface area contributed by atoms with Crippen molar-refractivity contribution in [2.24, 2.45) is 5.10 Å². The van der Waals surface area contributed by atoms with E-state index in [0.29, 0.717) is 11.3 Å². The van der Waals surface area contributed by atoms with E-state index >= 15 is 0 Å². The van der Waals surface area contributed by atoms with E-state index in [1.807, 2.05) is 18.2 Å². The number of benzene rings is 1. The number of nitrogens with two attached hydrogens (primary N) is 1. The maximum absolute atomic E-state index is 12.9. The highest BCUT2D eigenvalue weighted by atomic mass is 16.6. The number of pyridine rings is 1. The first-order valence-corrected chi connectivity index (χ1v) is 8.07. The third-order valence-corrected chi connectivity index (χ3v) is 3.69. The monoisotopic (exact) mass is 375 g/mol. The second-order valence-corrected chi connectivity index (χ2v) is 5.52. The Morgan fingerprint density at radius 3 is 2.75 bits per heavy atom. The summed E-state index contributed by atoms with van der Waals surface area (Å²) in [4.78, 5) is 16.8. The molecule has 3 heterocycles. The van der Waals surface area contributed by atoms with Gasteiger partial charge in [0.2, 0.25) is 11.6 Å². The highest BCUT2D eigenvalue weighted by Gasteiger charge is 2.25. The second-order valence-electron chi connectivity index (χ2n) is 5.52. The first-order chi connectivity index (χ1) is 13.7. The van der Waals surface area contributed by atoms with Gasteiger partial charge in [-0.25, -0.2) is 10.1 Å². The van der Waals surface area contributed by atoms with Crippen LogP contribution >= 0.6 is 0 Å². The molecular formula is C17H13N9O2. The number of nitrogens with one attached hydrogen (secondary N) is 1. The third-order valence-electron chi connectivity index (χ3n) is 3.69. The van der Waals surface area contributed by atoms with E-state index in [-0.39, 0.29) is 17.3 Å². The van der Waals surface area contributed by atoms with Crippen LogP contribution in [0.1, 0.15) is 16.1 Å². The first kappa shape index (κ1) is 17.0. The Hall–Kier alpha value is -4.41. The maximum atomic E-state index is 12.9.